The molecule has 0 unspecified atom stereocenters. The summed E-state index contributed by atoms with van der Waals surface area (Å²) >= 11 is 7.61. The molecule has 43 heavy (non-hydrogen) atoms. The number of hydrogen-bond acceptors (Lipinski definition) is 10. The van der Waals surface area contributed by atoms with Gasteiger partial charge in [-0.1, -0.05) is 42.3 Å². The Labute approximate surface area is 257 Å². The average Bonchev–Trinajstić information content (AvgIpc) is 3.30. The number of thiazole rings is 1. The summed E-state index contributed by atoms with van der Waals surface area (Å²) in [6.45, 7) is 5.58. The van der Waals surface area contributed by atoms with Crippen molar-refractivity contribution in [1.82, 2.24) is 4.57 Å². The van der Waals surface area contributed by atoms with Crippen LogP contribution in [0.25, 0.3) is 6.08 Å². The molecule has 1 aromatic heterocycles. The van der Waals surface area contributed by atoms with Gasteiger partial charge in [0.05, 0.1) is 43.2 Å². The van der Waals surface area contributed by atoms with Crippen molar-refractivity contribution in [3.8, 4) is 17.2 Å². The van der Waals surface area contributed by atoms with Crippen LogP contribution in [-0.2, 0) is 19.1 Å². The van der Waals surface area contributed by atoms with Crippen molar-refractivity contribution in [2.24, 2.45) is 4.99 Å². The molecule has 0 N–H and O–H groups in total. The number of halogens is 1. The SMILES string of the molecule is CCCC1=C(C(=O)OCC)[C@H](c2cc(Cl)ccc2OC)n2c(s/c(=C/c3ccc(OCC(=O)OCC)c(OC)c3)c2=O)=N1. The van der Waals surface area contributed by atoms with Crippen LogP contribution in [0.3, 0.4) is 0 Å². The maximum Gasteiger partial charge on any atom is 0.344 e. The van der Waals surface area contributed by atoms with Crippen LogP contribution in [0.15, 0.2) is 57.5 Å². The van der Waals surface area contributed by atoms with E-state index in [0.29, 0.717) is 54.8 Å². The van der Waals surface area contributed by atoms with Gasteiger partial charge in [-0.15, -0.1) is 0 Å². The lowest BCUT2D eigenvalue weighted by atomic mass is 9.93. The molecule has 1 atom stereocenters. The van der Waals surface area contributed by atoms with Gasteiger partial charge in [-0.25, -0.2) is 14.6 Å². The van der Waals surface area contributed by atoms with Crippen molar-refractivity contribution >= 4 is 41.0 Å². The maximum absolute atomic E-state index is 14.1. The highest BCUT2D eigenvalue weighted by atomic mass is 35.5. The van der Waals surface area contributed by atoms with Crippen LogP contribution in [0.4, 0.5) is 0 Å². The number of benzene rings is 2. The van der Waals surface area contributed by atoms with Crippen molar-refractivity contribution in [1.29, 1.82) is 0 Å². The van der Waals surface area contributed by atoms with E-state index in [2.05, 4.69) is 0 Å². The van der Waals surface area contributed by atoms with E-state index < -0.39 is 18.0 Å². The molecule has 0 bridgehead atoms. The van der Waals surface area contributed by atoms with E-state index in [-0.39, 0.29) is 31.0 Å². The summed E-state index contributed by atoms with van der Waals surface area (Å²) in [6.07, 6.45) is 2.94. The van der Waals surface area contributed by atoms with Crippen LogP contribution in [-0.4, -0.2) is 50.5 Å². The highest BCUT2D eigenvalue weighted by molar-refractivity contribution is 7.07. The largest absolute Gasteiger partial charge is 0.496 e. The summed E-state index contributed by atoms with van der Waals surface area (Å²) < 4.78 is 28.9. The van der Waals surface area contributed by atoms with Gasteiger partial charge in [-0.2, -0.15) is 0 Å². The topological polar surface area (TPSA) is 115 Å². The van der Waals surface area contributed by atoms with Crippen LogP contribution < -0.4 is 29.1 Å². The molecule has 0 spiro atoms. The van der Waals surface area contributed by atoms with E-state index in [1.54, 1.807) is 56.3 Å². The molecule has 0 fully saturated rings. The lowest BCUT2D eigenvalue weighted by molar-refractivity contribution is -0.145. The Morgan fingerprint density at radius 1 is 1.00 bits per heavy atom. The second kappa shape index (κ2) is 14.4. The van der Waals surface area contributed by atoms with E-state index in [4.69, 9.17) is 40.3 Å². The van der Waals surface area contributed by atoms with Gasteiger partial charge in [-0.05, 0) is 62.2 Å². The molecule has 2 heterocycles. The van der Waals surface area contributed by atoms with E-state index in [1.165, 1.54) is 30.1 Å². The van der Waals surface area contributed by atoms with E-state index in [9.17, 15) is 14.4 Å². The summed E-state index contributed by atoms with van der Waals surface area (Å²) in [7, 11) is 3.00. The Kier molecular flexibility index (Phi) is 10.7. The molecule has 0 aliphatic carbocycles. The molecule has 0 saturated carbocycles. The monoisotopic (exact) mass is 628 g/mol. The zero-order valence-corrected chi connectivity index (χ0v) is 26.2. The molecule has 3 aromatic rings. The van der Waals surface area contributed by atoms with Crippen molar-refractivity contribution in [3.05, 3.63) is 83.5 Å². The highest BCUT2D eigenvalue weighted by Crippen LogP contribution is 2.38. The minimum absolute atomic E-state index is 0.160. The number of carbonyl (C=O) groups is 2. The normalized spacial score (nSPS) is 14.6. The van der Waals surface area contributed by atoms with Crippen LogP contribution in [0.2, 0.25) is 5.02 Å². The maximum atomic E-state index is 14.1. The van der Waals surface area contributed by atoms with Gasteiger partial charge in [0.1, 0.15) is 11.8 Å². The molecule has 0 saturated heterocycles. The van der Waals surface area contributed by atoms with Crippen molar-refractivity contribution in [2.75, 3.05) is 34.0 Å². The third kappa shape index (κ3) is 6.94. The summed E-state index contributed by atoms with van der Waals surface area (Å²) in [5.41, 5.74) is 1.66. The van der Waals surface area contributed by atoms with Gasteiger partial charge >= 0.3 is 11.9 Å². The lowest BCUT2D eigenvalue weighted by Crippen LogP contribution is -2.40. The van der Waals surface area contributed by atoms with Crippen molar-refractivity contribution in [3.63, 3.8) is 0 Å². The molecule has 1 aliphatic rings. The third-order valence-electron chi connectivity index (χ3n) is 6.51. The molecule has 4 rings (SSSR count). The zero-order chi connectivity index (χ0) is 31.1. The van der Waals surface area contributed by atoms with Crippen LogP contribution >= 0.6 is 22.9 Å². The number of ether oxygens (including phenoxy) is 5. The molecule has 1 aliphatic heterocycles. The molecular weight excluding hydrogens is 596 g/mol. The first kappa shape index (κ1) is 31.8. The number of methoxy groups -OCH3 is 2. The molecule has 10 nitrogen and oxygen atoms in total. The fourth-order valence-electron chi connectivity index (χ4n) is 4.72. The van der Waals surface area contributed by atoms with Gasteiger partial charge in [0.15, 0.2) is 22.9 Å². The van der Waals surface area contributed by atoms with Crippen LogP contribution in [0, 0.1) is 0 Å². The molecular formula is C31H33ClN2O8S. The first-order valence-electron chi connectivity index (χ1n) is 13.8. The second-order valence-electron chi connectivity index (χ2n) is 9.30. The number of aromatic nitrogens is 1. The van der Waals surface area contributed by atoms with E-state index in [0.717, 1.165) is 6.42 Å². The Hall–Kier alpha value is -4.09. The minimum atomic E-state index is -0.874. The zero-order valence-electron chi connectivity index (χ0n) is 24.6. The fourth-order valence-corrected chi connectivity index (χ4v) is 5.92. The Morgan fingerprint density at radius 2 is 1.72 bits per heavy atom. The first-order valence-corrected chi connectivity index (χ1v) is 15.0. The number of fused-ring (bicyclic) bond motifs is 1. The number of carbonyl (C=O) groups excluding carboxylic acids is 2. The summed E-state index contributed by atoms with van der Waals surface area (Å²) in [6, 6.07) is 9.29. The lowest BCUT2D eigenvalue weighted by Gasteiger charge is -2.27. The van der Waals surface area contributed by atoms with Gasteiger partial charge < -0.3 is 23.7 Å². The third-order valence-corrected chi connectivity index (χ3v) is 7.73. The van der Waals surface area contributed by atoms with Crippen molar-refractivity contribution < 1.29 is 33.3 Å². The van der Waals surface area contributed by atoms with Crippen LogP contribution in [0.5, 0.6) is 17.2 Å². The van der Waals surface area contributed by atoms with Gasteiger partial charge in [0.2, 0.25) is 0 Å². The highest BCUT2D eigenvalue weighted by Gasteiger charge is 2.36. The van der Waals surface area contributed by atoms with E-state index >= 15 is 0 Å². The number of rotatable bonds is 12. The Morgan fingerprint density at radius 3 is 2.40 bits per heavy atom. The molecule has 0 amide bonds. The predicted octanol–water partition coefficient (Wildman–Crippen LogP) is 4.19. The smallest absolute Gasteiger partial charge is 0.344 e. The number of allylic oxidation sites excluding steroid dienone is 1. The molecule has 0 radical (unpaired) electrons. The molecule has 12 heteroatoms. The predicted molar refractivity (Wildman–Crippen MR) is 163 cm³/mol. The Bertz CT molecular complexity index is 1730. The fraction of sp³-hybridized carbons (Fsp3) is 0.355. The number of nitrogens with zero attached hydrogens (tertiary/aromatic N) is 2. The van der Waals surface area contributed by atoms with Crippen molar-refractivity contribution in [2.45, 2.75) is 39.7 Å². The summed E-state index contributed by atoms with van der Waals surface area (Å²) in [5.74, 6) is 0.142. The number of esters is 2. The summed E-state index contributed by atoms with van der Waals surface area (Å²) in [4.78, 5) is 44.4. The van der Waals surface area contributed by atoms with Gasteiger partial charge in [0.25, 0.3) is 5.56 Å². The van der Waals surface area contributed by atoms with Gasteiger partial charge in [-0.3, -0.25) is 9.36 Å². The first-order chi connectivity index (χ1) is 20.8. The standard InChI is InChI=1S/C31H33ClN2O8S/c1-6-9-21-27(30(37)41-8-3)28(20-16-19(32)11-13-22(20)38-4)34-29(36)25(43-31(34)33-21)15-18-10-12-23(24(14-18)39-5)42-17-26(35)40-7-2/h10-16,28H,6-9,17H2,1-5H3/b25-15+/t28-/m0/s1. The average molecular weight is 629 g/mol. The van der Waals surface area contributed by atoms with Crippen LogP contribution in [0.1, 0.15) is 50.8 Å². The van der Waals surface area contributed by atoms with Gasteiger partial charge in [0, 0.05) is 10.6 Å². The van der Waals surface area contributed by atoms with E-state index in [1.807, 2.05) is 6.92 Å². The molecule has 228 valence electrons. The minimum Gasteiger partial charge on any atom is -0.496 e. The summed E-state index contributed by atoms with van der Waals surface area (Å²) in [5, 5.41) is 0.424. The Balaban J connectivity index is 1.88. The number of hydrogen-bond donors (Lipinski definition) is 0. The second-order valence-corrected chi connectivity index (χ2v) is 10.7. The quantitative estimate of drug-likeness (QED) is 0.274. The molecule has 2 aromatic carbocycles.